The molecule has 0 heterocycles. The molecule has 5 heteroatoms. The SMILES string of the molecule is CCOC(=O)C1(C(O[Si](C)(C)C(C)(C)C)C(C)N(Cc2ccccc2)Cc2ccccc2)CC1. The molecule has 34 heavy (non-hydrogen) atoms. The summed E-state index contributed by atoms with van der Waals surface area (Å²) in [6.07, 6.45) is 1.46. The quantitative estimate of drug-likeness (QED) is 0.261. The summed E-state index contributed by atoms with van der Waals surface area (Å²) in [4.78, 5) is 15.7. The molecule has 0 spiro atoms. The lowest BCUT2D eigenvalue weighted by Gasteiger charge is -2.45. The molecule has 2 atom stereocenters. The Hall–Kier alpha value is -1.95. The summed E-state index contributed by atoms with van der Waals surface area (Å²) < 4.78 is 12.7. The average molecular weight is 482 g/mol. The third-order valence-electron chi connectivity index (χ3n) is 7.71. The van der Waals surface area contributed by atoms with Gasteiger partial charge in [-0.15, -0.1) is 0 Å². The molecule has 0 bridgehead atoms. The van der Waals surface area contributed by atoms with Gasteiger partial charge in [-0.05, 0) is 55.9 Å². The molecule has 0 N–H and O–H groups in total. The molecule has 186 valence electrons. The van der Waals surface area contributed by atoms with Gasteiger partial charge in [-0.2, -0.15) is 0 Å². The highest BCUT2D eigenvalue weighted by atomic mass is 28.4. The van der Waals surface area contributed by atoms with Crippen LogP contribution in [-0.2, 0) is 27.0 Å². The van der Waals surface area contributed by atoms with Crippen molar-refractivity contribution in [3.8, 4) is 0 Å². The molecule has 0 amide bonds. The van der Waals surface area contributed by atoms with Crippen molar-refractivity contribution in [3.63, 3.8) is 0 Å². The second-order valence-corrected chi connectivity index (χ2v) is 16.0. The maximum atomic E-state index is 13.2. The molecule has 2 aromatic carbocycles. The van der Waals surface area contributed by atoms with Crippen LogP contribution in [0.2, 0.25) is 18.1 Å². The molecule has 3 rings (SSSR count). The zero-order chi connectivity index (χ0) is 25.0. The summed E-state index contributed by atoms with van der Waals surface area (Å²) >= 11 is 0. The first-order valence-electron chi connectivity index (χ1n) is 12.7. The molecule has 2 unspecified atom stereocenters. The molecule has 0 aliphatic heterocycles. The van der Waals surface area contributed by atoms with Gasteiger partial charge >= 0.3 is 5.97 Å². The number of hydrogen-bond acceptors (Lipinski definition) is 4. The van der Waals surface area contributed by atoms with Crippen LogP contribution >= 0.6 is 0 Å². The maximum absolute atomic E-state index is 13.2. The normalized spacial score (nSPS) is 17.3. The number of benzene rings is 2. The lowest BCUT2D eigenvalue weighted by molar-refractivity contribution is -0.156. The Kier molecular flexibility index (Phi) is 8.43. The molecule has 0 radical (unpaired) electrons. The number of nitrogens with zero attached hydrogens (tertiary/aromatic N) is 1. The predicted octanol–water partition coefficient (Wildman–Crippen LogP) is 6.81. The molecular weight excluding hydrogens is 438 g/mol. The van der Waals surface area contributed by atoms with Gasteiger partial charge < -0.3 is 9.16 Å². The fourth-order valence-electron chi connectivity index (χ4n) is 4.35. The van der Waals surface area contributed by atoms with Crippen LogP contribution in [0.25, 0.3) is 0 Å². The highest BCUT2D eigenvalue weighted by Crippen LogP contribution is 2.54. The van der Waals surface area contributed by atoms with Gasteiger partial charge in [0, 0.05) is 19.1 Å². The molecule has 1 saturated carbocycles. The molecular formula is C29H43NO3Si. The van der Waals surface area contributed by atoms with Gasteiger partial charge in [-0.25, -0.2) is 0 Å². The van der Waals surface area contributed by atoms with Crippen molar-refractivity contribution < 1.29 is 14.0 Å². The Balaban J connectivity index is 1.98. The van der Waals surface area contributed by atoms with E-state index >= 15 is 0 Å². The Morgan fingerprint density at radius 2 is 1.44 bits per heavy atom. The summed E-state index contributed by atoms with van der Waals surface area (Å²) in [7, 11) is -2.13. The monoisotopic (exact) mass is 481 g/mol. The van der Waals surface area contributed by atoms with Crippen molar-refractivity contribution in [2.75, 3.05) is 6.61 Å². The van der Waals surface area contributed by atoms with Crippen molar-refractivity contribution in [1.29, 1.82) is 0 Å². The molecule has 0 saturated heterocycles. The summed E-state index contributed by atoms with van der Waals surface area (Å²) in [6.45, 7) is 17.5. The number of ether oxygens (including phenoxy) is 1. The van der Waals surface area contributed by atoms with Crippen LogP contribution in [0.1, 0.15) is 58.6 Å². The van der Waals surface area contributed by atoms with Crippen molar-refractivity contribution in [2.24, 2.45) is 5.41 Å². The van der Waals surface area contributed by atoms with E-state index in [1.807, 2.05) is 6.92 Å². The van der Waals surface area contributed by atoms with E-state index < -0.39 is 13.7 Å². The highest BCUT2D eigenvalue weighted by Gasteiger charge is 2.61. The zero-order valence-corrected chi connectivity index (χ0v) is 23.1. The molecule has 4 nitrogen and oxygen atoms in total. The molecule has 1 aliphatic carbocycles. The lowest BCUT2D eigenvalue weighted by Crippen LogP contribution is -2.55. The Morgan fingerprint density at radius 3 is 1.82 bits per heavy atom. The lowest BCUT2D eigenvalue weighted by atomic mass is 9.92. The van der Waals surface area contributed by atoms with Crippen molar-refractivity contribution in [2.45, 2.75) is 90.8 Å². The summed E-state index contributed by atoms with van der Waals surface area (Å²) in [5.74, 6) is -0.0927. The molecule has 0 aromatic heterocycles. The first-order chi connectivity index (χ1) is 16.0. The summed E-state index contributed by atoms with van der Waals surface area (Å²) in [5, 5.41) is 0.0550. The van der Waals surface area contributed by atoms with E-state index in [9.17, 15) is 4.79 Å². The third-order valence-corrected chi connectivity index (χ3v) is 12.2. The predicted molar refractivity (Wildman–Crippen MR) is 142 cm³/mol. The van der Waals surface area contributed by atoms with Crippen LogP contribution in [0.5, 0.6) is 0 Å². The van der Waals surface area contributed by atoms with Gasteiger partial charge in [0.15, 0.2) is 8.32 Å². The zero-order valence-electron chi connectivity index (χ0n) is 22.1. The fraction of sp³-hybridized carbons (Fsp3) is 0.552. The van der Waals surface area contributed by atoms with Crippen LogP contribution in [0.15, 0.2) is 60.7 Å². The second kappa shape index (κ2) is 10.8. The van der Waals surface area contributed by atoms with E-state index in [4.69, 9.17) is 9.16 Å². The maximum Gasteiger partial charge on any atom is 0.314 e. The summed E-state index contributed by atoms with van der Waals surface area (Å²) in [6, 6.07) is 21.2. The number of hydrogen-bond donors (Lipinski definition) is 0. The van der Waals surface area contributed by atoms with Gasteiger partial charge in [-0.1, -0.05) is 81.4 Å². The second-order valence-electron chi connectivity index (χ2n) is 11.3. The van der Waals surface area contributed by atoms with E-state index in [1.54, 1.807) is 0 Å². The van der Waals surface area contributed by atoms with Crippen LogP contribution in [-0.4, -0.2) is 37.9 Å². The standard InChI is InChI=1S/C29H43NO3Si/c1-8-32-27(31)29(19-20-29)26(33-34(6,7)28(3,4)5)23(2)30(21-24-15-11-9-12-16-24)22-25-17-13-10-14-18-25/h9-18,23,26H,8,19-22H2,1-7H3. The molecule has 1 aliphatic rings. The van der Waals surface area contributed by atoms with Crippen molar-refractivity contribution in [3.05, 3.63) is 71.8 Å². The minimum atomic E-state index is -2.13. The smallest absolute Gasteiger partial charge is 0.314 e. The Labute approximate surface area is 207 Å². The van der Waals surface area contributed by atoms with Gasteiger partial charge in [-0.3, -0.25) is 9.69 Å². The van der Waals surface area contributed by atoms with E-state index in [0.29, 0.717) is 6.61 Å². The van der Waals surface area contributed by atoms with Crippen molar-refractivity contribution in [1.82, 2.24) is 4.90 Å². The van der Waals surface area contributed by atoms with E-state index in [1.165, 1.54) is 11.1 Å². The highest BCUT2D eigenvalue weighted by molar-refractivity contribution is 6.74. The molecule has 2 aromatic rings. The fourth-order valence-corrected chi connectivity index (χ4v) is 5.76. The average Bonchev–Trinajstić information content (AvgIpc) is 3.59. The summed E-state index contributed by atoms with van der Waals surface area (Å²) in [5.41, 5.74) is 1.98. The van der Waals surface area contributed by atoms with Crippen LogP contribution in [0.3, 0.4) is 0 Å². The van der Waals surface area contributed by atoms with Gasteiger partial charge in [0.25, 0.3) is 0 Å². The molecule has 1 fully saturated rings. The van der Waals surface area contributed by atoms with Crippen LogP contribution < -0.4 is 0 Å². The van der Waals surface area contributed by atoms with Gasteiger partial charge in [0.05, 0.1) is 18.1 Å². The van der Waals surface area contributed by atoms with Crippen molar-refractivity contribution >= 4 is 14.3 Å². The first-order valence-corrected chi connectivity index (χ1v) is 15.6. The van der Waals surface area contributed by atoms with E-state index in [2.05, 4.69) is 106 Å². The van der Waals surface area contributed by atoms with E-state index in [0.717, 1.165) is 25.9 Å². The van der Waals surface area contributed by atoms with Gasteiger partial charge in [0.2, 0.25) is 0 Å². The van der Waals surface area contributed by atoms with E-state index in [-0.39, 0.29) is 23.2 Å². The third kappa shape index (κ3) is 6.18. The number of carbonyl (C=O) groups excluding carboxylic acids is 1. The Bertz CT molecular complexity index is 878. The van der Waals surface area contributed by atoms with Gasteiger partial charge in [0.1, 0.15) is 0 Å². The number of rotatable bonds is 11. The number of carbonyl (C=O) groups is 1. The number of esters is 1. The minimum absolute atomic E-state index is 0.0430. The Morgan fingerprint density at radius 1 is 0.971 bits per heavy atom. The van der Waals surface area contributed by atoms with Crippen LogP contribution in [0.4, 0.5) is 0 Å². The topological polar surface area (TPSA) is 38.8 Å². The first kappa shape index (κ1) is 26.6. The largest absolute Gasteiger partial charge is 0.465 e. The van der Waals surface area contributed by atoms with Crippen LogP contribution in [0, 0.1) is 5.41 Å². The minimum Gasteiger partial charge on any atom is -0.465 e.